The van der Waals surface area contributed by atoms with Gasteiger partial charge in [0, 0.05) is 28.6 Å². The smallest absolute Gasteiger partial charge is 0.255 e. The molecule has 166 valence electrons. The van der Waals surface area contributed by atoms with E-state index in [-0.39, 0.29) is 11.5 Å². The second-order valence-corrected chi connectivity index (χ2v) is 7.41. The van der Waals surface area contributed by atoms with Crippen LogP contribution in [0.15, 0.2) is 83.7 Å². The fourth-order valence-electron chi connectivity index (χ4n) is 3.33. The summed E-state index contributed by atoms with van der Waals surface area (Å²) in [6, 6.07) is 23.4. The number of aromatic amines is 1. The number of nitrogens with zero attached hydrogens (tertiary/aromatic N) is 1. The van der Waals surface area contributed by atoms with Gasteiger partial charge in [0.1, 0.15) is 12.4 Å². The molecule has 0 saturated carbocycles. The third-order valence-electron chi connectivity index (χ3n) is 4.93. The van der Waals surface area contributed by atoms with Crippen molar-refractivity contribution in [3.8, 4) is 22.9 Å². The molecule has 7 heteroatoms. The lowest BCUT2D eigenvalue weighted by Gasteiger charge is -2.13. The lowest BCUT2D eigenvalue weighted by Crippen LogP contribution is -2.12. The fourth-order valence-corrected chi connectivity index (χ4v) is 3.33. The third kappa shape index (κ3) is 5.46. The SMILES string of the molecule is COc1cc(C(=O)Nc2cccc(-c3nc(C)cc(=O)[nH]3)c2)ccc1OCc1ccccc1. The number of amides is 1. The molecule has 0 unspecified atom stereocenters. The summed E-state index contributed by atoms with van der Waals surface area (Å²) in [6.45, 7) is 2.15. The van der Waals surface area contributed by atoms with Gasteiger partial charge in [-0.1, -0.05) is 42.5 Å². The number of H-pyrrole nitrogens is 1. The molecule has 3 aromatic carbocycles. The van der Waals surface area contributed by atoms with Gasteiger partial charge in [-0.25, -0.2) is 4.98 Å². The second-order valence-electron chi connectivity index (χ2n) is 7.41. The van der Waals surface area contributed by atoms with Crippen molar-refractivity contribution in [3.05, 3.63) is 106 Å². The molecule has 0 bridgehead atoms. The molecular weight excluding hydrogens is 418 g/mol. The number of benzene rings is 3. The van der Waals surface area contributed by atoms with Gasteiger partial charge in [0.25, 0.3) is 11.5 Å². The van der Waals surface area contributed by atoms with Gasteiger partial charge in [0.2, 0.25) is 0 Å². The Hall–Kier alpha value is -4.39. The average Bonchev–Trinajstić information content (AvgIpc) is 2.83. The topological polar surface area (TPSA) is 93.3 Å². The van der Waals surface area contributed by atoms with Crippen LogP contribution in [0, 0.1) is 6.92 Å². The Morgan fingerprint density at radius 2 is 1.79 bits per heavy atom. The normalized spacial score (nSPS) is 10.5. The molecule has 1 amide bonds. The molecule has 0 aliphatic rings. The average molecular weight is 441 g/mol. The molecule has 0 fully saturated rings. The Morgan fingerprint density at radius 3 is 2.55 bits per heavy atom. The first-order valence-corrected chi connectivity index (χ1v) is 10.4. The lowest BCUT2D eigenvalue weighted by molar-refractivity contribution is 0.102. The summed E-state index contributed by atoms with van der Waals surface area (Å²) in [5.74, 6) is 1.16. The summed E-state index contributed by atoms with van der Waals surface area (Å²) in [5, 5.41) is 2.87. The van der Waals surface area contributed by atoms with Gasteiger partial charge in [-0.15, -0.1) is 0 Å². The molecule has 33 heavy (non-hydrogen) atoms. The maximum atomic E-state index is 12.8. The van der Waals surface area contributed by atoms with Crippen molar-refractivity contribution >= 4 is 11.6 Å². The summed E-state index contributed by atoms with van der Waals surface area (Å²) in [7, 11) is 1.53. The zero-order chi connectivity index (χ0) is 23.2. The van der Waals surface area contributed by atoms with Crippen molar-refractivity contribution in [1.29, 1.82) is 0 Å². The van der Waals surface area contributed by atoms with Crippen LogP contribution in [0.1, 0.15) is 21.6 Å². The van der Waals surface area contributed by atoms with Crippen LogP contribution in [-0.2, 0) is 6.61 Å². The Morgan fingerprint density at radius 1 is 0.970 bits per heavy atom. The molecule has 2 N–H and O–H groups in total. The zero-order valence-electron chi connectivity index (χ0n) is 18.3. The number of aromatic nitrogens is 2. The van der Waals surface area contributed by atoms with E-state index >= 15 is 0 Å². The molecule has 0 atom stereocenters. The molecule has 7 nitrogen and oxygen atoms in total. The quantitative estimate of drug-likeness (QED) is 0.438. The maximum Gasteiger partial charge on any atom is 0.255 e. The molecule has 0 saturated heterocycles. The van der Waals surface area contributed by atoms with Crippen molar-refractivity contribution < 1.29 is 14.3 Å². The van der Waals surface area contributed by atoms with E-state index in [2.05, 4.69) is 15.3 Å². The molecule has 1 aromatic heterocycles. The largest absolute Gasteiger partial charge is 0.493 e. The summed E-state index contributed by atoms with van der Waals surface area (Å²) >= 11 is 0. The van der Waals surface area contributed by atoms with Crippen LogP contribution in [0.5, 0.6) is 11.5 Å². The number of carbonyl (C=O) groups excluding carboxylic acids is 1. The fraction of sp³-hybridized carbons (Fsp3) is 0.115. The van der Waals surface area contributed by atoms with Crippen molar-refractivity contribution in [2.75, 3.05) is 12.4 Å². The van der Waals surface area contributed by atoms with Gasteiger partial charge in [0.15, 0.2) is 11.5 Å². The third-order valence-corrected chi connectivity index (χ3v) is 4.93. The minimum Gasteiger partial charge on any atom is -0.493 e. The van der Waals surface area contributed by atoms with E-state index in [9.17, 15) is 9.59 Å². The first kappa shape index (κ1) is 21.8. The maximum absolute atomic E-state index is 12.8. The lowest BCUT2D eigenvalue weighted by atomic mass is 10.1. The van der Waals surface area contributed by atoms with Crippen molar-refractivity contribution in [3.63, 3.8) is 0 Å². The molecule has 1 heterocycles. The van der Waals surface area contributed by atoms with E-state index in [0.29, 0.717) is 46.4 Å². The van der Waals surface area contributed by atoms with Crippen LogP contribution < -0.4 is 20.3 Å². The van der Waals surface area contributed by atoms with Gasteiger partial charge < -0.3 is 19.8 Å². The Bertz CT molecular complexity index is 1330. The van der Waals surface area contributed by atoms with Crippen molar-refractivity contribution in [2.24, 2.45) is 0 Å². The Balaban J connectivity index is 1.50. The van der Waals surface area contributed by atoms with Gasteiger partial charge >= 0.3 is 0 Å². The van der Waals surface area contributed by atoms with Crippen LogP contribution in [0.25, 0.3) is 11.4 Å². The molecular formula is C26H23N3O4. The highest BCUT2D eigenvalue weighted by atomic mass is 16.5. The van der Waals surface area contributed by atoms with Gasteiger partial charge in [-0.3, -0.25) is 9.59 Å². The number of nitrogens with one attached hydrogen (secondary N) is 2. The van der Waals surface area contributed by atoms with Crippen molar-refractivity contribution in [1.82, 2.24) is 9.97 Å². The summed E-state index contributed by atoms with van der Waals surface area (Å²) < 4.78 is 11.3. The number of carbonyl (C=O) groups is 1. The highest BCUT2D eigenvalue weighted by molar-refractivity contribution is 6.04. The number of anilines is 1. The van der Waals surface area contributed by atoms with Crippen LogP contribution in [-0.4, -0.2) is 23.0 Å². The monoisotopic (exact) mass is 441 g/mol. The molecule has 4 aromatic rings. The second kappa shape index (κ2) is 9.82. The van der Waals surface area contributed by atoms with E-state index in [4.69, 9.17) is 9.47 Å². The first-order valence-electron chi connectivity index (χ1n) is 10.4. The number of ether oxygens (including phenoxy) is 2. The summed E-state index contributed by atoms with van der Waals surface area (Å²) in [6.07, 6.45) is 0. The van der Waals surface area contributed by atoms with Crippen LogP contribution in [0.3, 0.4) is 0 Å². The number of methoxy groups -OCH3 is 1. The number of rotatable bonds is 7. The van der Waals surface area contributed by atoms with E-state index in [1.54, 1.807) is 43.3 Å². The minimum absolute atomic E-state index is 0.228. The summed E-state index contributed by atoms with van der Waals surface area (Å²) in [5.41, 5.74) is 3.11. The predicted molar refractivity (Wildman–Crippen MR) is 127 cm³/mol. The minimum atomic E-state index is -0.300. The van der Waals surface area contributed by atoms with Gasteiger partial charge in [-0.05, 0) is 42.8 Å². The number of hydrogen-bond donors (Lipinski definition) is 2. The standard InChI is InChI=1S/C26H23N3O4/c1-17-13-24(30)29-25(27-17)19-9-6-10-21(14-19)28-26(31)20-11-12-22(23(15-20)32-2)33-16-18-7-4-3-5-8-18/h3-15H,16H2,1-2H3,(H,28,31)(H,27,29,30). The molecule has 0 spiro atoms. The van der Waals surface area contributed by atoms with Crippen LogP contribution in [0.4, 0.5) is 5.69 Å². The van der Waals surface area contributed by atoms with E-state index < -0.39 is 0 Å². The molecule has 4 rings (SSSR count). The first-order chi connectivity index (χ1) is 16.0. The Kier molecular flexibility index (Phi) is 6.50. The molecule has 0 aliphatic carbocycles. The van der Waals surface area contributed by atoms with Gasteiger partial charge in [0.05, 0.1) is 7.11 Å². The highest BCUT2D eigenvalue weighted by Gasteiger charge is 2.13. The summed E-state index contributed by atoms with van der Waals surface area (Å²) in [4.78, 5) is 31.7. The van der Waals surface area contributed by atoms with Crippen LogP contribution in [0.2, 0.25) is 0 Å². The van der Waals surface area contributed by atoms with Crippen molar-refractivity contribution in [2.45, 2.75) is 13.5 Å². The zero-order valence-corrected chi connectivity index (χ0v) is 18.3. The predicted octanol–water partition coefficient (Wildman–Crippen LogP) is 4.59. The number of hydrogen-bond acceptors (Lipinski definition) is 5. The Labute approximate surface area is 191 Å². The van der Waals surface area contributed by atoms with Gasteiger partial charge in [-0.2, -0.15) is 0 Å². The number of aryl methyl sites for hydroxylation is 1. The van der Waals surface area contributed by atoms with E-state index in [1.807, 2.05) is 36.4 Å². The molecule has 0 aliphatic heterocycles. The molecule has 0 radical (unpaired) electrons. The highest BCUT2D eigenvalue weighted by Crippen LogP contribution is 2.29. The van der Waals surface area contributed by atoms with E-state index in [0.717, 1.165) is 5.56 Å². The van der Waals surface area contributed by atoms with Crippen LogP contribution >= 0.6 is 0 Å². The van der Waals surface area contributed by atoms with E-state index in [1.165, 1.54) is 13.2 Å².